The second-order valence-corrected chi connectivity index (χ2v) is 9.78. The average Bonchev–Trinajstić information content (AvgIpc) is 2.98. The van der Waals surface area contributed by atoms with Crippen LogP contribution in [0.3, 0.4) is 0 Å². The highest BCUT2D eigenvalue weighted by Crippen LogP contribution is 2.57. The Hall–Kier alpha value is -4.89. The summed E-state index contributed by atoms with van der Waals surface area (Å²) in [6.45, 7) is 1.78. The Morgan fingerprint density at radius 1 is 0.632 bits per heavy atom. The lowest BCUT2D eigenvalue weighted by molar-refractivity contribution is 0.597. The van der Waals surface area contributed by atoms with E-state index < -0.39 is 5.41 Å². The maximum atomic E-state index is 12.7. The highest BCUT2D eigenvalue weighted by atomic mass is 16.3. The lowest BCUT2D eigenvalue weighted by atomic mass is 9.62. The molecule has 0 amide bonds. The topological polar surface area (TPSA) is 33.5 Å². The fourth-order valence-corrected chi connectivity index (χ4v) is 6.04. The lowest BCUT2D eigenvalue weighted by Gasteiger charge is -2.46. The molecule has 0 saturated heterocycles. The van der Waals surface area contributed by atoms with Crippen LogP contribution in [0.4, 0.5) is 17.1 Å². The summed E-state index contributed by atoms with van der Waals surface area (Å²) < 4.78 is 5.88. The first-order chi connectivity index (χ1) is 18.7. The molecule has 7 rings (SSSR count). The first-order valence-electron chi connectivity index (χ1n) is 12.8. The van der Waals surface area contributed by atoms with Crippen molar-refractivity contribution < 1.29 is 4.42 Å². The Kier molecular flexibility index (Phi) is 5.05. The van der Waals surface area contributed by atoms with E-state index in [0.717, 1.165) is 17.1 Å². The molecule has 0 aliphatic carbocycles. The van der Waals surface area contributed by atoms with Gasteiger partial charge < -0.3 is 9.32 Å². The summed E-state index contributed by atoms with van der Waals surface area (Å²) in [4.78, 5) is 15.0. The monoisotopic (exact) mass is 491 g/mol. The number of rotatable bonds is 3. The van der Waals surface area contributed by atoms with Gasteiger partial charge in [0.15, 0.2) is 5.43 Å². The quantitative estimate of drug-likeness (QED) is 0.249. The molecular weight excluding hydrogens is 466 g/mol. The second kappa shape index (κ2) is 8.60. The Labute approximate surface area is 221 Å². The number of hydrogen-bond donors (Lipinski definition) is 0. The molecule has 0 bridgehead atoms. The molecule has 6 aromatic rings. The molecule has 1 aromatic heterocycles. The third kappa shape index (κ3) is 3.12. The third-order valence-electron chi connectivity index (χ3n) is 7.70. The molecule has 0 unspecified atom stereocenters. The minimum Gasteiger partial charge on any atom is -0.464 e. The normalized spacial score (nSPS) is 13.7. The Balaban J connectivity index is 1.58. The van der Waals surface area contributed by atoms with Crippen molar-refractivity contribution in [2.45, 2.75) is 12.3 Å². The molecule has 0 radical (unpaired) electrons. The van der Waals surface area contributed by atoms with E-state index in [9.17, 15) is 4.79 Å². The molecule has 1 aliphatic rings. The maximum absolute atomic E-state index is 12.7. The van der Waals surface area contributed by atoms with E-state index in [1.54, 1.807) is 13.2 Å². The van der Waals surface area contributed by atoms with E-state index in [0.29, 0.717) is 16.5 Å². The number of nitrogens with zero attached hydrogens (tertiary/aromatic N) is 1. The van der Waals surface area contributed by atoms with Gasteiger partial charge in [-0.3, -0.25) is 4.79 Å². The van der Waals surface area contributed by atoms with Gasteiger partial charge in [0.1, 0.15) is 5.58 Å². The molecule has 38 heavy (non-hydrogen) atoms. The first kappa shape index (κ1) is 22.3. The van der Waals surface area contributed by atoms with Crippen molar-refractivity contribution in [2.75, 3.05) is 4.90 Å². The standard InChI is InChI=1S/C35H25NO2/c1-24-23-38-33-22-27(20-21-28(33)34(24)37)36-31-18-10-8-16-29(31)35(25-12-4-2-5-13-25,26-14-6-3-7-15-26)30-17-9-11-19-32(30)36/h2-23H,1H3. The van der Waals surface area contributed by atoms with E-state index >= 15 is 0 Å². The van der Waals surface area contributed by atoms with Gasteiger partial charge in [0.05, 0.1) is 28.4 Å². The van der Waals surface area contributed by atoms with Gasteiger partial charge in [-0.25, -0.2) is 0 Å². The van der Waals surface area contributed by atoms with Gasteiger partial charge in [0.2, 0.25) is 0 Å². The van der Waals surface area contributed by atoms with Gasteiger partial charge in [-0.15, -0.1) is 0 Å². The van der Waals surface area contributed by atoms with Crippen molar-refractivity contribution in [3.8, 4) is 0 Å². The molecule has 5 aromatic carbocycles. The summed E-state index contributed by atoms with van der Waals surface area (Å²) in [5.74, 6) is 0. The fourth-order valence-electron chi connectivity index (χ4n) is 6.04. The number of aryl methyl sites for hydroxylation is 1. The van der Waals surface area contributed by atoms with E-state index in [2.05, 4.69) is 114 Å². The van der Waals surface area contributed by atoms with Crippen molar-refractivity contribution in [2.24, 2.45) is 0 Å². The van der Waals surface area contributed by atoms with Crippen LogP contribution in [0.1, 0.15) is 27.8 Å². The van der Waals surface area contributed by atoms with Gasteiger partial charge in [0.25, 0.3) is 0 Å². The van der Waals surface area contributed by atoms with Gasteiger partial charge >= 0.3 is 0 Å². The number of benzene rings is 5. The molecule has 0 N–H and O–H groups in total. The molecule has 3 nitrogen and oxygen atoms in total. The number of fused-ring (bicyclic) bond motifs is 3. The largest absolute Gasteiger partial charge is 0.464 e. The SMILES string of the molecule is Cc1coc2cc(N3c4ccccc4C(c4ccccc4)(c4ccccc4)c4ccccc43)ccc2c1=O. The van der Waals surface area contributed by atoms with Crippen molar-refractivity contribution >= 4 is 28.0 Å². The summed E-state index contributed by atoms with van der Waals surface area (Å²) in [5, 5.41) is 0.593. The van der Waals surface area contributed by atoms with Crippen LogP contribution in [0.2, 0.25) is 0 Å². The van der Waals surface area contributed by atoms with Crippen LogP contribution in [0, 0.1) is 6.92 Å². The Bertz CT molecular complexity index is 1770. The molecule has 1 aliphatic heterocycles. The summed E-state index contributed by atoms with van der Waals surface area (Å²) >= 11 is 0. The summed E-state index contributed by atoms with van der Waals surface area (Å²) in [6.07, 6.45) is 1.54. The van der Waals surface area contributed by atoms with Gasteiger partial charge in [-0.05, 0) is 53.4 Å². The zero-order valence-corrected chi connectivity index (χ0v) is 21.0. The average molecular weight is 492 g/mol. The molecule has 0 spiro atoms. The van der Waals surface area contributed by atoms with Gasteiger partial charge in [-0.2, -0.15) is 0 Å². The molecule has 182 valence electrons. The molecule has 0 atom stereocenters. The molecule has 0 fully saturated rings. The maximum Gasteiger partial charge on any atom is 0.195 e. The zero-order valence-electron chi connectivity index (χ0n) is 21.0. The van der Waals surface area contributed by atoms with Crippen LogP contribution < -0.4 is 10.3 Å². The zero-order chi connectivity index (χ0) is 25.7. The molecule has 2 heterocycles. The van der Waals surface area contributed by atoms with Crippen molar-refractivity contribution in [1.29, 1.82) is 0 Å². The number of hydrogen-bond acceptors (Lipinski definition) is 3. The van der Waals surface area contributed by atoms with E-state index in [4.69, 9.17) is 4.42 Å². The number of anilines is 3. The number of para-hydroxylation sites is 2. The lowest BCUT2D eigenvalue weighted by Crippen LogP contribution is -2.37. The van der Waals surface area contributed by atoms with Gasteiger partial charge in [0, 0.05) is 17.3 Å². The predicted octanol–water partition coefficient (Wildman–Crippen LogP) is 8.27. The van der Waals surface area contributed by atoms with Crippen LogP contribution >= 0.6 is 0 Å². The van der Waals surface area contributed by atoms with Crippen LogP contribution in [0.5, 0.6) is 0 Å². The Morgan fingerprint density at radius 3 is 1.74 bits per heavy atom. The molecule has 0 saturated carbocycles. The van der Waals surface area contributed by atoms with E-state index in [1.165, 1.54) is 22.3 Å². The van der Waals surface area contributed by atoms with Crippen LogP contribution in [-0.2, 0) is 5.41 Å². The Morgan fingerprint density at radius 2 is 1.16 bits per heavy atom. The van der Waals surface area contributed by atoms with Gasteiger partial charge in [-0.1, -0.05) is 97.1 Å². The van der Waals surface area contributed by atoms with Crippen molar-refractivity contribution in [3.05, 3.63) is 172 Å². The predicted molar refractivity (Wildman–Crippen MR) is 154 cm³/mol. The van der Waals surface area contributed by atoms with Crippen molar-refractivity contribution in [1.82, 2.24) is 0 Å². The first-order valence-corrected chi connectivity index (χ1v) is 12.8. The minimum atomic E-state index is -0.507. The highest BCUT2D eigenvalue weighted by molar-refractivity contribution is 5.92. The smallest absolute Gasteiger partial charge is 0.195 e. The van der Waals surface area contributed by atoms with E-state index in [-0.39, 0.29) is 5.43 Å². The van der Waals surface area contributed by atoms with Crippen LogP contribution in [0.25, 0.3) is 11.0 Å². The highest BCUT2D eigenvalue weighted by Gasteiger charge is 2.46. The van der Waals surface area contributed by atoms with E-state index in [1.807, 2.05) is 18.2 Å². The summed E-state index contributed by atoms with van der Waals surface area (Å²) in [6, 6.07) is 44.6. The van der Waals surface area contributed by atoms with Crippen LogP contribution in [-0.4, -0.2) is 0 Å². The fraction of sp³-hybridized carbons (Fsp3) is 0.0571. The van der Waals surface area contributed by atoms with Crippen LogP contribution in [0.15, 0.2) is 143 Å². The second-order valence-electron chi connectivity index (χ2n) is 9.78. The third-order valence-corrected chi connectivity index (χ3v) is 7.70. The minimum absolute atomic E-state index is 0.00409. The molecular formula is C35H25NO2. The molecule has 3 heteroatoms. The summed E-state index contributed by atoms with van der Waals surface area (Å²) in [5.41, 5.74) is 8.63. The summed E-state index contributed by atoms with van der Waals surface area (Å²) in [7, 11) is 0. The van der Waals surface area contributed by atoms with Crippen molar-refractivity contribution in [3.63, 3.8) is 0 Å².